The number of nitrogens with one attached hydrogen (secondary N) is 2. The van der Waals surface area contributed by atoms with Crippen LogP contribution < -0.4 is 0 Å². The topological polar surface area (TPSA) is 118 Å². The molecule has 0 bridgehead atoms. The Morgan fingerprint density at radius 1 is 0.593 bits per heavy atom. The zero-order valence-corrected chi connectivity index (χ0v) is 35.7. The molecular weight excluding hydrogens is 837 g/mol. The zero-order valence-electron chi connectivity index (χ0n) is 32.4. The minimum Gasteiger partial charge on any atom is -0.342 e. The Kier molecular flexibility index (Phi) is 10.0. The number of halogens is 1. The molecule has 59 heavy (non-hydrogen) atoms. The number of H-pyrrole nitrogens is 2. The van der Waals surface area contributed by atoms with Crippen molar-refractivity contribution in [3.05, 3.63) is 138 Å². The maximum Gasteiger partial charge on any atom is 0.170 e. The molecule has 6 aromatic heterocycles. The number of hydrogen-bond acceptors (Lipinski definition) is 8. The van der Waals surface area contributed by atoms with E-state index in [4.69, 9.17) is 4.98 Å². The van der Waals surface area contributed by atoms with Crippen molar-refractivity contribution in [2.75, 3.05) is 12.5 Å². The minimum atomic E-state index is 0.623. The highest BCUT2D eigenvalue weighted by atomic mass is 79.9. The molecule has 2 N–H and O–H groups in total. The lowest BCUT2D eigenvalue weighted by molar-refractivity contribution is 0.977. The molecule has 0 amide bonds. The second-order valence-corrected chi connectivity index (χ2v) is 17.2. The molecule has 3 aromatic carbocycles. The third-order valence-electron chi connectivity index (χ3n) is 10.8. The lowest BCUT2D eigenvalue weighted by atomic mass is 10.1. The lowest BCUT2D eigenvalue weighted by Gasteiger charge is -2.09. The van der Waals surface area contributed by atoms with Crippen molar-refractivity contribution < 1.29 is 0 Å². The number of nitrogens with zero attached hydrogens (tertiary/aromatic N) is 8. The molecule has 0 atom stereocenters. The highest BCUT2D eigenvalue weighted by Gasteiger charge is 2.27. The monoisotopic (exact) mass is 874 g/mol. The van der Waals surface area contributed by atoms with E-state index >= 15 is 0 Å². The number of aromatic amines is 2. The normalized spacial score (nSPS) is 13.8. The van der Waals surface area contributed by atoms with Crippen LogP contribution in [-0.2, 0) is 0 Å². The number of imidazole rings is 4. The van der Waals surface area contributed by atoms with Gasteiger partial charge in [0.15, 0.2) is 11.3 Å². The number of rotatable bonds is 10. The Labute approximate surface area is 358 Å². The molecule has 0 radical (unpaired) electrons. The number of fused-ring (bicyclic) bond motifs is 2. The van der Waals surface area contributed by atoms with Crippen LogP contribution in [0.25, 0.3) is 73.7 Å². The van der Waals surface area contributed by atoms with Gasteiger partial charge in [0.05, 0.1) is 53.3 Å². The summed E-state index contributed by atoms with van der Waals surface area (Å²) in [5.41, 5.74) is 13.6. The third kappa shape index (κ3) is 7.54. The molecule has 6 heterocycles. The van der Waals surface area contributed by atoms with E-state index in [0.717, 1.165) is 99.4 Å². The molecule has 0 aliphatic heterocycles. The number of benzene rings is 3. The molecular formula is C46H39BrN10S2. The molecule has 10 nitrogen and oxygen atoms in total. The first-order chi connectivity index (χ1) is 29.0. The minimum absolute atomic E-state index is 0.623. The van der Waals surface area contributed by atoms with Gasteiger partial charge < -0.3 is 9.97 Å². The predicted molar refractivity (Wildman–Crippen MR) is 243 cm³/mol. The van der Waals surface area contributed by atoms with E-state index in [1.807, 2.05) is 49.6 Å². The molecule has 2 aliphatic carbocycles. The van der Waals surface area contributed by atoms with Crippen LogP contribution in [-0.4, -0.2) is 61.2 Å². The van der Waals surface area contributed by atoms with Gasteiger partial charge in [-0.25, -0.2) is 29.9 Å². The largest absolute Gasteiger partial charge is 0.342 e. The SMILES string of the molecule is C=Cc1ccc(-c2cn3c(-c4ccc(-c5cnc(C6CC6)[nH]5)cc4)cnc3c(SC)n2)cc1.CSc1nc(Br)cn2c(-c3ccc(-c4cnc(C5CC5)[nH]4)cc3)cnc12. The van der Waals surface area contributed by atoms with E-state index in [0.29, 0.717) is 11.8 Å². The van der Waals surface area contributed by atoms with Crippen molar-refractivity contribution in [2.45, 2.75) is 47.6 Å². The summed E-state index contributed by atoms with van der Waals surface area (Å²) >= 11 is 6.70. The molecule has 0 spiro atoms. The zero-order chi connectivity index (χ0) is 40.0. The summed E-state index contributed by atoms with van der Waals surface area (Å²) in [5.74, 6) is 3.49. The molecule has 11 rings (SSSR count). The van der Waals surface area contributed by atoms with Gasteiger partial charge in [-0.2, -0.15) is 0 Å². The number of aromatic nitrogens is 10. The van der Waals surface area contributed by atoms with E-state index in [1.165, 1.54) is 25.7 Å². The summed E-state index contributed by atoms with van der Waals surface area (Å²) < 4.78 is 5.03. The average Bonchev–Trinajstić information content (AvgIpc) is 4.08. The van der Waals surface area contributed by atoms with Gasteiger partial charge in [0.2, 0.25) is 0 Å². The first-order valence-electron chi connectivity index (χ1n) is 19.5. The highest BCUT2D eigenvalue weighted by molar-refractivity contribution is 9.10. The van der Waals surface area contributed by atoms with Gasteiger partial charge in [-0.15, -0.1) is 23.5 Å². The molecule has 2 saturated carbocycles. The quantitative estimate of drug-likeness (QED) is 0.130. The molecule has 0 saturated heterocycles. The Morgan fingerprint density at radius 2 is 1.05 bits per heavy atom. The fourth-order valence-corrected chi connectivity index (χ4v) is 8.80. The average molecular weight is 876 g/mol. The van der Waals surface area contributed by atoms with Crippen LogP contribution in [0.3, 0.4) is 0 Å². The number of hydrogen-bond donors (Lipinski definition) is 2. The molecule has 13 heteroatoms. The standard InChI is InChI=1S/C27H23N5S.C19H16BrN5S/c1-3-17-4-6-19(7-5-17)23-16-32-24(15-29-26(32)27(31-23)33-2)20-10-8-18(9-11-20)22-14-28-25(30-22)21-12-13-21;1-26-19-18-22-9-15(25(18)10-16(20)24-19)12-4-2-11(3-5-12)14-8-21-17(23-14)13-6-7-13/h3-11,14-16,21H,1,12-13H2,2H3,(H,28,30);2-5,8-10,13H,6-7H2,1H3,(H,21,23). The summed E-state index contributed by atoms with van der Waals surface area (Å²) in [5, 5.41) is 1.82. The van der Waals surface area contributed by atoms with Crippen LogP contribution in [0.2, 0.25) is 0 Å². The van der Waals surface area contributed by atoms with Crippen molar-refractivity contribution >= 4 is 56.8 Å². The van der Waals surface area contributed by atoms with Gasteiger partial charge in [0.1, 0.15) is 26.3 Å². The van der Waals surface area contributed by atoms with Crippen LogP contribution in [0.1, 0.15) is 54.7 Å². The fourth-order valence-electron chi connectivity index (χ4n) is 7.26. The summed E-state index contributed by atoms with van der Waals surface area (Å²) in [7, 11) is 0. The second kappa shape index (κ2) is 15.8. The van der Waals surface area contributed by atoms with Gasteiger partial charge >= 0.3 is 0 Å². The molecule has 2 aliphatic rings. The third-order valence-corrected chi connectivity index (χ3v) is 12.5. The fraction of sp³-hybridized carbons (Fsp3) is 0.174. The summed E-state index contributed by atoms with van der Waals surface area (Å²) in [4.78, 5) is 34.6. The molecule has 292 valence electrons. The molecule has 2 fully saturated rings. The van der Waals surface area contributed by atoms with Gasteiger partial charge in [-0.1, -0.05) is 85.5 Å². The molecule has 9 aromatic rings. The summed E-state index contributed by atoms with van der Waals surface area (Å²) in [6, 6.07) is 25.4. The Bertz CT molecular complexity index is 2950. The van der Waals surface area contributed by atoms with Crippen LogP contribution in [0, 0.1) is 0 Å². The van der Waals surface area contributed by atoms with Crippen LogP contribution >= 0.6 is 39.5 Å². The first-order valence-corrected chi connectivity index (χ1v) is 22.7. The van der Waals surface area contributed by atoms with E-state index in [2.05, 4.69) is 145 Å². The van der Waals surface area contributed by atoms with E-state index in [-0.39, 0.29) is 0 Å². The Balaban J connectivity index is 0.000000147. The Hall–Kier alpha value is -5.76. The van der Waals surface area contributed by atoms with Crippen molar-refractivity contribution in [2.24, 2.45) is 0 Å². The second-order valence-electron chi connectivity index (χ2n) is 14.8. The van der Waals surface area contributed by atoms with Crippen molar-refractivity contribution in [1.82, 2.24) is 48.7 Å². The van der Waals surface area contributed by atoms with Crippen LogP contribution in [0.5, 0.6) is 0 Å². The maximum absolute atomic E-state index is 4.87. The smallest absolute Gasteiger partial charge is 0.170 e. The van der Waals surface area contributed by atoms with E-state index in [9.17, 15) is 0 Å². The summed E-state index contributed by atoms with van der Waals surface area (Å²) in [6.07, 6.45) is 22.6. The van der Waals surface area contributed by atoms with Crippen molar-refractivity contribution in [1.29, 1.82) is 0 Å². The van der Waals surface area contributed by atoms with Gasteiger partial charge in [0, 0.05) is 40.9 Å². The van der Waals surface area contributed by atoms with Crippen molar-refractivity contribution in [3.8, 4) is 56.3 Å². The lowest BCUT2D eigenvalue weighted by Crippen LogP contribution is -1.96. The van der Waals surface area contributed by atoms with Gasteiger partial charge in [-0.05, 0) is 70.8 Å². The first kappa shape index (κ1) is 37.5. The van der Waals surface area contributed by atoms with Crippen LogP contribution in [0.4, 0.5) is 0 Å². The van der Waals surface area contributed by atoms with Gasteiger partial charge in [0.25, 0.3) is 0 Å². The maximum atomic E-state index is 4.87. The van der Waals surface area contributed by atoms with E-state index in [1.54, 1.807) is 23.5 Å². The molecule has 0 unspecified atom stereocenters. The Morgan fingerprint density at radius 3 is 1.53 bits per heavy atom. The summed E-state index contributed by atoms with van der Waals surface area (Å²) in [6.45, 7) is 3.84. The predicted octanol–water partition coefficient (Wildman–Crippen LogP) is 11.8. The van der Waals surface area contributed by atoms with E-state index < -0.39 is 0 Å². The van der Waals surface area contributed by atoms with Gasteiger partial charge in [-0.3, -0.25) is 8.80 Å². The van der Waals surface area contributed by atoms with Crippen molar-refractivity contribution in [3.63, 3.8) is 0 Å². The highest BCUT2D eigenvalue weighted by Crippen LogP contribution is 2.40. The number of thioether (sulfide) groups is 2. The van der Waals surface area contributed by atoms with Crippen LogP contribution in [0.15, 0.2) is 131 Å².